The topological polar surface area (TPSA) is 84.9 Å². The van der Waals surface area contributed by atoms with Crippen LogP contribution in [0.2, 0.25) is 0 Å². The molecule has 1 atom stereocenters. The summed E-state index contributed by atoms with van der Waals surface area (Å²) in [7, 11) is 2.83. The number of halogens is 1. The van der Waals surface area contributed by atoms with Crippen molar-refractivity contribution in [3.05, 3.63) is 5.82 Å². The van der Waals surface area contributed by atoms with Crippen molar-refractivity contribution < 1.29 is 13.2 Å². The van der Waals surface area contributed by atoms with Crippen molar-refractivity contribution in [2.45, 2.75) is 18.5 Å². The number of aromatic nitrogens is 3. The summed E-state index contributed by atoms with van der Waals surface area (Å²) < 4.78 is 26.7. The van der Waals surface area contributed by atoms with Gasteiger partial charge in [-0.3, -0.25) is 5.10 Å². The molecule has 8 heteroatoms. The Balaban J connectivity index is 2.69. The largest absolute Gasteiger partial charge is 0.384 e. The van der Waals surface area contributed by atoms with Crippen LogP contribution in [0.3, 0.4) is 0 Å². The van der Waals surface area contributed by atoms with Crippen LogP contribution in [-0.4, -0.2) is 37.3 Å². The maximum Gasteiger partial charge on any atom is 0.298 e. The van der Waals surface area contributed by atoms with Crippen molar-refractivity contribution >= 4 is 19.7 Å². The molecule has 6 nitrogen and oxygen atoms in total. The quantitative estimate of drug-likeness (QED) is 0.775. The van der Waals surface area contributed by atoms with Crippen molar-refractivity contribution in [3.8, 4) is 0 Å². The molecule has 0 bridgehead atoms. The van der Waals surface area contributed by atoms with Crippen LogP contribution in [-0.2, 0) is 20.2 Å². The Morgan fingerprint density at radius 2 is 2.27 bits per heavy atom. The van der Waals surface area contributed by atoms with Crippen molar-refractivity contribution in [1.82, 2.24) is 15.2 Å². The Kier molecular flexibility index (Phi) is 4.06. The van der Waals surface area contributed by atoms with Crippen molar-refractivity contribution in [3.63, 3.8) is 0 Å². The van der Waals surface area contributed by atoms with Gasteiger partial charge in [0.15, 0.2) is 0 Å². The first-order valence-electron chi connectivity index (χ1n) is 4.28. The van der Waals surface area contributed by atoms with Crippen LogP contribution in [0.15, 0.2) is 5.16 Å². The lowest BCUT2D eigenvalue weighted by Crippen LogP contribution is -2.08. The van der Waals surface area contributed by atoms with Gasteiger partial charge in [0.1, 0.15) is 5.82 Å². The molecule has 1 unspecified atom stereocenters. The zero-order chi connectivity index (χ0) is 11.5. The first-order chi connectivity index (χ1) is 6.93. The van der Waals surface area contributed by atoms with Crippen LogP contribution in [0.5, 0.6) is 0 Å². The summed E-state index contributed by atoms with van der Waals surface area (Å²) >= 11 is 0. The van der Waals surface area contributed by atoms with Gasteiger partial charge < -0.3 is 4.74 Å². The number of ether oxygens (including phenoxy) is 1. The number of hydrogen-bond acceptors (Lipinski definition) is 5. The minimum Gasteiger partial charge on any atom is -0.384 e. The predicted molar refractivity (Wildman–Crippen MR) is 54.2 cm³/mol. The summed E-state index contributed by atoms with van der Waals surface area (Å²) in [6, 6.07) is 0. The molecule has 0 saturated heterocycles. The second-order valence-electron chi connectivity index (χ2n) is 3.27. The highest BCUT2D eigenvalue weighted by molar-refractivity contribution is 8.13. The summed E-state index contributed by atoms with van der Waals surface area (Å²) in [4.78, 5) is 3.76. The third kappa shape index (κ3) is 3.77. The molecule has 0 amide bonds. The highest BCUT2D eigenvalue weighted by atomic mass is 35.7. The fourth-order valence-electron chi connectivity index (χ4n) is 1.15. The van der Waals surface area contributed by atoms with Gasteiger partial charge in [0.25, 0.3) is 14.2 Å². The van der Waals surface area contributed by atoms with Gasteiger partial charge in [0, 0.05) is 30.8 Å². The first kappa shape index (κ1) is 12.4. The first-order valence-corrected chi connectivity index (χ1v) is 6.59. The van der Waals surface area contributed by atoms with Gasteiger partial charge in [-0.05, 0) is 5.92 Å². The second-order valence-corrected chi connectivity index (χ2v) is 5.73. The predicted octanol–water partition coefficient (Wildman–Crippen LogP) is 0.557. The fraction of sp³-hybridized carbons (Fsp3) is 0.714. The average molecular weight is 254 g/mol. The Bertz CT molecular complexity index is 417. The van der Waals surface area contributed by atoms with Gasteiger partial charge in [0.05, 0.1) is 0 Å². The summed E-state index contributed by atoms with van der Waals surface area (Å²) in [5.41, 5.74) is 0. The zero-order valence-electron chi connectivity index (χ0n) is 8.40. The number of nitrogens with zero attached hydrogens (tertiary/aromatic N) is 2. The Labute approximate surface area is 92.4 Å². The Hall–Kier alpha value is -0.660. The van der Waals surface area contributed by atoms with Crippen LogP contribution in [0.25, 0.3) is 0 Å². The van der Waals surface area contributed by atoms with E-state index in [1.807, 2.05) is 6.92 Å². The third-order valence-electron chi connectivity index (χ3n) is 1.72. The van der Waals surface area contributed by atoms with E-state index >= 15 is 0 Å². The van der Waals surface area contributed by atoms with E-state index in [1.54, 1.807) is 7.11 Å². The number of aromatic amines is 1. The molecule has 1 N–H and O–H groups in total. The highest BCUT2D eigenvalue weighted by Crippen LogP contribution is 2.10. The number of rotatable bonds is 5. The molecule has 0 aliphatic heterocycles. The molecule has 0 aromatic carbocycles. The summed E-state index contributed by atoms with van der Waals surface area (Å²) in [6.45, 7) is 2.53. The lowest BCUT2D eigenvalue weighted by Gasteiger charge is -2.06. The molecular formula is C7H12ClN3O3S. The van der Waals surface area contributed by atoms with E-state index < -0.39 is 9.05 Å². The fourth-order valence-corrected chi connectivity index (χ4v) is 1.73. The number of H-pyrrole nitrogens is 1. The minimum atomic E-state index is -3.84. The molecule has 0 aliphatic rings. The SMILES string of the molecule is COCC(C)Cc1nc(S(=O)(=O)Cl)n[nH]1. The summed E-state index contributed by atoms with van der Waals surface area (Å²) in [6.07, 6.45) is 0.563. The standard InChI is InChI=1S/C7H12ClN3O3S/c1-5(4-14-2)3-6-9-7(11-10-6)15(8,12)13/h5H,3-4H2,1-2H3,(H,9,10,11). The molecule has 15 heavy (non-hydrogen) atoms. The Morgan fingerprint density at radius 3 is 2.73 bits per heavy atom. The van der Waals surface area contributed by atoms with Gasteiger partial charge >= 0.3 is 0 Å². The van der Waals surface area contributed by atoms with E-state index in [2.05, 4.69) is 15.2 Å². The molecular weight excluding hydrogens is 242 g/mol. The smallest absolute Gasteiger partial charge is 0.298 e. The molecule has 0 saturated carbocycles. The van der Waals surface area contributed by atoms with Crippen LogP contribution in [0.4, 0.5) is 0 Å². The molecule has 1 rings (SSSR count). The van der Waals surface area contributed by atoms with Gasteiger partial charge in [-0.1, -0.05) is 6.92 Å². The van der Waals surface area contributed by atoms with E-state index in [0.717, 1.165) is 0 Å². The van der Waals surface area contributed by atoms with E-state index in [4.69, 9.17) is 15.4 Å². The molecule has 0 spiro atoms. The Morgan fingerprint density at radius 1 is 1.60 bits per heavy atom. The summed E-state index contributed by atoms with van der Waals surface area (Å²) in [5, 5.41) is 5.64. The zero-order valence-corrected chi connectivity index (χ0v) is 9.97. The lowest BCUT2D eigenvalue weighted by molar-refractivity contribution is 0.159. The maximum atomic E-state index is 10.9. The van der Waals surface area contributed by atoms with Gasteiger partial charge in [0.2, 0.25) is 0 Å². The van der Waals surface area contributed by atoms with Crippen LogP contribution >= 0.6 is 10.7 Å². The maximum absolute atomic E-state index is 10.9. The van der Waals surface area contributed by atoms with E-state index in [9.17, 15) is 8.42 Å². The van der Waals surface area contributed by atoms with E-state index in [0.29, 0.717) is 18.9 Å². The van der Waals surface area contributed by atoms with Crippen molar-refractivity contribution in [1.29, 1.82) is 0 Å². The second kappa shape index (κ2) is 4.91. The van der Waals surface area contributed by atoms with Gasteiger partial charge in [-0.2, -0.15) is 0 Å². The molecule has 1 aromatic rings. The lowest BCUT2D eigenvalue weighted by atomic mass is 10.1. The normalized spacial score (nSPS) is 14.1. The van der Waals surface area contributed by atoms with Crippen LogP contribution in [0, 0.1) is 5.92 Å². The van der Waals surface area contributed by atoms with Crippen molar-refractivity contribution in [2.75, 3.05) is 13.7 Å². The van der Waals surface area contributed by atoms with E-state index in [1.165, 1.54) is 0 Å². The monoisotopic (exact) mass is 253 g/mol. The molecule has 0 fully saturated rings. The molecule has 1 heterocycles. The highest BCUT2D eigenvalue weighted by Gasteiger charge is 2.17. The molecule has 0 radical (unpaired) electrons. The van der Waals surface area contributed by atoms with Gasteiger partial charge in [-0.25, -0.2) is 13.4 Å². The number of nitrogens with one attached hydrogen (secondary N) is 1. The number of hydrogen-bond donors (Lipinski definition) is 1. The van der Waals surface area contributed by atoms with E-state index in [-0.39, 0.29) is 11.1 Å². The van der Waals surface area contributed by atoms with Crippen molar-refractivity contribution in [2.24, 2.45) is 5.92 Å². The third-order valence-corrected chi connectivity index (χ3v) is 2.76. The summed E-state index contributed by atoms with van der Waals surface area (Å²) in [5.74, 6) is 0.715. The van der Waals surface area contributed by atoms with Gasteiger partial charge in [-0.15, -0.1) is 5.10 Å². The number of methoxy groups -OCH3 is 1. The van der Waals surface area contributed by atoms with Crippen LogP contribution < -0.4 is 0 Å². The molecule has 86 valence electrons. The minimum absolute atomic E-state index is 0.230. The average Bonchev–Trinajstić information content (AvgIpc) is 2.52. The molecule has 0 aliphatic carbocycles. The van der Waals surface area contributed by atoms with Crippen LogP contribution in [0.1, 0.15) is 12.7 Å². The molecule has 1 aromatic heterocycles.